The van der Waals surface area contributed by atoms with E-state index >= 15 is 0 Å². The summed E-state index contributed by atoms with van der Waals surface area (Å²) in [5, 5.41) is 5.65. The number of hydrazone groups is 1. The molecule has 0 spiro atoms. The lowest BCUT2D eigenvalue weighted by Crippen LogP contribution is -2.18. The monoisotopic (exact) mass is 193 g/mol. The van der Waals surface area contributed by atoms with Crippen LogP contribution in [0.15, 0.2) is 34.5 Å². The topological polar surface area (TPSA) is 28.0 Å². The molecule has 0 rings (SSSR count). The van der Waals surface area contributed by atoms with Crippen LogP contribution in [0.5, 0.6) is 0 Å². The van der Waals surface area contributed by atoms with E-state index in [-0.39, 0.29) is 0 Å². The molecule has 0 atom stereocenters. The van der Waals surface area contributed by atoms with Crippen molar-refractivity contribution in [3.05, 3.63) is 24.4 Å². The summed E-state index contributed by atoms with van der Waals surface area (Å²) in [7, 11) is 1.78. The first kappa shape index (κ1) is 12.6. The second-order valence-corrected chi connectivity index (χ2v) is 2.75. The van der Waals surface area contributed by atoms with Crippen LogP contribution in [0.1, 0.15) is 20.3 Å². The standard InChI is InChI=1S/C11H19N3/c1-5-7-9-14(13-4)10-11(12-3)8-6-2/h6-9H,4-5,10H2,1-3H3/b8-6-,9-7+,12-11?. The van der Waals surface area contributed by atoms with Crippen LogP contribution in [0.4, 0.5) is 0 Å². The highest BCUT2D eigenvalue weighted by molar-refractivity contribution is 5.96. The van der Waals surface area contributed by atoms with Crippen molar-refractivity contribution in [2.45, 2.75) is 20.3 Å². The molecule has 0 aromatic carbocycles. The van der Waals surface area contributed by atoms with Gasteiger partial charge in [0.15, 0.2) is 0 Å². The average molecular weight is 193 g/mol. The van der Waals surface area contributed by atoms with Crippen LogP contribution in [-0.2, 0) is 0 Å². The average Bonchev–Trinajstić information content (AvgIpc) is 2.22. The highest BCUT2D eigenvalue weighted by Crippen LogP contribution is 1.95. The molecule has 0 saturated heterocycles. The van der Waals surface area contributed by atoms with Gasteiger partial charge in [0.25, 0.3) is 0 Å². The zero-order valence-corrected chi connectivity index (χ0v) is 9.27. The van der Waals surface area contributed by atoms with E-state index in [1.165, 1.54) is 0 Å². The summed E-state index contributed by atoms with van der Waals surface area (Å²) in [5.74, 6) is 0. The Bertz CT molecular complexity index is 239. The maximum absolute atomic E-state index is 4.14. The predicted octanol–water partition coefficient (Wildman–Crippen LogP) is 2.47. The largest absolute Gasteiger partial charge is 0.291 e. The van der Waals surface area contributed by atoms with Gasteiger partial charge in [-0.05, 0) is 19.4 Å². The summed E-state index contributed by atoms with van der Waals surface area (Å²) in [4.78, 5) is 4.14. The molecule has 0 aromatic heterocycles. The van der Waals surface area contributed by atoms with Crippen molar-refractivity contribution in [1.82, 2.24) is 5.01 Å². The number of hydrogen-bond acceptors (Lipinski definition) is 3. The van der Waals surface area contributed by atoms with E-state index in [0.29, 0.717) is 6.54 Å². The van der Waals surface area contributed by atoms with Gasteiger partial charge in [-0.1, -0.05) is 19.1 Å². The van der Waals surface area contributed by atoms with Crippen LogP contribution in [-0.4, -0.2) is 31.0 Å². The van der Waals surface area contributed by atoms with Crippen LogP contribution in [0.25, 0.3) is 0 Å². The molecule has 3 nitrogen and oxygen atoms in total. The fourth-order valence-electron chi connectivity index (χ4n) is 0.933. The van der Waals surface area contributed by atoms with Gasteiger partial charge in [0.05, 0.1) is 12.3 Å². The smallest absolute Gasteiger partial charge is 0.0826 e. The first-order chi connectivity index (χ1) is 6.78. The summed E-state index contributed by atoms with van der Waals surface area (Å²) in [5.41, 5.74) is 0.987. The van der Waals surface area contributed by atoms with Crippen molar-refractivity contribution in [2.24, 2.45) is 10.1 Å². The zero-order chi connectivity index (χ0) is 10.8. The molecule has 3 heteroatoms. The van der Waals surface area contributed by atoms with Gasteiger partial charge in [0.2, 0.25) is 0 Å². The molecular weight excluding hydrogens is 174 g/mol. The van der Waals surface area contributed by atoms with Crippen LogP contribution in [0.3, 0.4) is 0 Å². The number of allylic oxidation sites excluding steroid dienone is 2. The minimum absolute atomic E-state index is 0.668. The van der Waals surface area contributed by atoms with Crippen molar-refractivity contribution >= 4 is 12.4 Å². The number of nitrogens with zero attached hydrogens (tertiary/aromatic N) is 3. The van der Waals surface area contributed by atoms with Gasteiger partial charge in [0, 0.05) is 20.0 Å². The molecule has 0 aliphatic carbocycles. The lowest BCUT2D eigenvalue weighted by molar-refractivity contribution is 0.460. The first-order valence-corrected chi connectivity index (χ1v) is 4.76. The summed E-state index contributed by atoms with van der Waals surface area (Å²) >= 11 is 0. The normalized spacial score (nSPS) is 12.6. The van der Waals surface area contributed by atoms with Gasteiger partial charge in [-0.3, -0.25) is 10.0 Å². The third kappa shape index (κ3) is 5.30. The summed E-state index contributed by atoms with van der Waals surface area (Å²) < 4.78 is 0. The molecule has 0 saturated carbocycles. The van der Waals surface area contributed by atoms with E-state index < -0.39 is 0 Å². The second-order valence-electron chi connectivity index (χ2n) is 2.75. The Balaban J connectivity index is 4.29. The van der Waals surface area contributed by atoms with E-state index in [9.17, 15) is 0 Å². The molecule has 0 fully saturated rings. The van der Waals surface area contributed by atoms with Crippen molar-refractivity contribution < 1.29 is 0 Å². The third-order valence-corrected chi connectivity index (χ3v) is 1.67. The van der Waals surface area contributed by atoms with Gasteiger partial charge in [-0.25, -0.2) is 0 Å². The highest BCUT2D eigenvalue weighted by atomic mass is 15.4. The van der Waals surface area contributed by atoms with Gasteiger partial charge in [-0.2, -0.15) is 5.10 Å². The van der Waals surface area contributed by atoms with Crippen molar-refractivity contribution in [3.8, 4) is 0 Å². The Morgan fingerprint density at radius 2 is 2.21 bits per heavy atom. The van der Waals surface area contributed by atoms with Crippen LogP contribution >= 0.6 is 0 Å². The molecule has 78 valence electrons. The Morgan fingerprint density at radius 3 is 2.64 bits per heavy atom. The molecule has 0 aliphatic rings. The molecule has 0 bridgehead atoms. The number of aliphatic imine (C=N–C) groups is 1. The lowest BCUT2D eigenvalue weighted by atomic mass is 10.3. The molecular formula is C11H19N3. The van der Waals surface area contributed by atoms with Crippen molar-refractivity contribution in [1.29, 1.82) is 0 Å². The van der Waals surface area contributed by atoms with E-state index in [0.717, 1.165) is 12.1 Å². The number of hydrogen-bond donors (Lipinski definition) is 0. The molecule has 0 aliphatic heterocycles. The summed E-state index contributed by atoms with van der Waals surface area (Å²) in [6.07, 6.45) is 8.89. The fourth-order valence-corrected chi connectivity index (χ4v) is 0.933. The second kappa shape index (κ2) is 8.23. The Labute approximate surface area is 86.5 Å². The number of rotatable bonds is 6. The molecule has 0 N–H and O–H groups in total. The van der Waals surface area contributed by atoms with Gasteiger partial charge >= 0.3 is 0 Å². The van der Waals surface area contributed by atoms with Crippen molar-refractivity contribution in [3.63, 3.8) is 0 Å². The Kier molecular flexibility index (Phi) is 7.42. The first-order valence-electron chi connectivity index (χ1n) is 4.76. The van der Waals surface area contributed by atoms with E-state index in [1.54, 1.807) is 12.1 Å². The van der Waals surface area contributed by atoms with Crippen molar-refractivity contribution in [2.75, 3.05) is 13.6 Å². The minimum atomic E-state index is 0.668. The zero-order valence-electron chi connectivity index (χ0n) is 9.27. The highest BCUT2D eigenvalue weighted by Gasteiger charge is 1.98. The lowest BCUT2D eigenvalue weighted by Gasteiger charge is -2.12. The van der Waals surface area contributed by atoms with Gasteiger partial charge in [0.1, 0.15) is 0 Å². The molecule has 0 amide bonds. The molecule has 14 heavy (non-hydrogen) atoms. The maximum Gasteiger partial charge on any atom is 0.0826 e. The summed E-state index contributed by atoms with van der Waals surface area (Å²) in [6, 6.07) is 0. The third-order valence-electron chi connectivity index (χ3n) is 1.67. The fraction of sp³-hybridized carbons (Fsp3) is 0.455. The SMILES string of the molecule is C=NN(/C=C/CC)CC(/C=C\C)=NC. The van der Waals surface area contributed by atoms with E-state index in [1.807, 2.05) is 31.4 Å². The molecule has 0 aromatic rings. The van der Waals surface area contributed by atoms with Gasteiger partial charge in [-0.15, -0.1) is 0 Å². The van der Waals surface area contributed by atoms with Crippen LogP contribution < -0.4 is 0 Å². The summed E-state index contributed by atoms with van der Waals surface area (Å²) in [6.45, 7) is 8.23. The Morgan fingerprint density at radius 1 is 1.50 bits per heavy atom. The van der Waals surface area contributed by atoms with Gasteiger partial charge < -0.3 is 0 Å². The minimum Gasteiger partial charge on any atom is -0.291 e. The van der Waals surface area contributed by atoms with Crippen LogP contribution in [0, 0.1) is 0 Å². The molecule has 0 radical (unpaired) electrons. The maximum atomic E-state index is 4.14. The van der Waals surface area contributed by atoms with Crippen LogP contribution in [0.2, 0.25) is 0 Å². The Hall–Kier alpha value is -1.38. The van der Waals surface area contributed by atoms with E-state index in [4.69, 9.17) is 0 Å². The predicted molar refractivity (Wildman–Crippen MR) is 63.9 cm³/mol. The molecule has 0 unspecified atom stereocenters. The molecule has 0 heterocycles. The van der Waals surface area contributed by atoms with E-state index in [2.05, 4.69) is 23.7 Å². The quantitative estimate of drug-likeness (QED) is 0.470.